The third kappa shape index (κ3) is 4.84. The number of carbonyl (C=O) groups excluding carboxylic acids is 2. The molecule has 1 aliphatic carbocycles. The molecule has 5 heteroatoms. The van der Waals surface area contributed by atoms with E-state index in [0.717, 1.165) is 24.3 Å². The van der Waals surface area contributed by atoms with Crippen LogP contribution in [0.25, 0.3) is 0 Å². The normalized spacial score (nSPS) is 16.5. The molecule has 1 aliphatic heterocycles. The first-order chi connectivity index (χ1) is 12.2. The fourth-order valence-corrected chi connectivity index (χ4v) is 3.37. The number of hydrogen-bond donors (Lipinski definition) is 1. The summed E-state index contributed by atoms with van der Waals surface area (Å²) < 4.78 is 5.56. The van der Waals surface area contributed by atoms with Gasteiger partial charge in [-0.25, -0.2) is 0 Å². The number of fused-ring (bicyclic) bond motifs is 1. The van der Waals surface area contributed by atoms with Crippen molar-refractivity contribution in [3.63, 3.8) is 0 Å². The van der Waals surface area contributed by atoms with Crippen LogP contribution in [-0.2, 0) is 9.59 Å². The van der Waals surface area contributed by atoms with Gasteiger partial charge >= 0.3 is 0 Å². The Hall–Kier alpha value is -2.30. The highest BCUT2D eigenvalue weighted by molar-refractivity contribution is 5.97. The molecule has 0 spiro atoms. The number of hydrogen-bond acceptors (Lipinski definition) is 3. The first kappa shape index (κ1) is 17.5. The Morgan fingerprint density at radius 2 is 2.04 bits per heavy atom. The highest BCUT2D eigenvalue weighted by atomic mass is 16.5. The summed E-state index contributed by atoms with van der Waals surface area (Å²) in [6.45, 7) is 1.69. The minimum absolute atomic E-state index is 0.0270. The van der Waals surface area contributed by atoms with E-state index in [4.69, 9.17) is 4.74 Å². The van der Waals surface area contributed by atoms with Gasteiger partial charge in [0.05, 0.1) is 12.2 Å². The average Bonchev–Trinajstić information content (AvgIpc) is 2.66. The molecule has 134 valence electrons. The maximum Gasteiger partial charge on any atom is 0.227 e. The van der Waals surface area contributed by atoms with Crippen molar-refractivity contribution in [3.8, 4) is 5.75 Å². The summed E-state index contributed by atoms with van der Waals surface area (Å²) in [5.41, 5.74) is 2.25. The molecule has 0 aromatic heterocycles. The van der Waals surface area contributed by atoms with Gasteiger partial charge in [0.15, 0.2) is 0 Å². The molecule has 5 nitrogen and oxygen atoms in total. The first-order valence-corrected chi connectivity index (χ1v) is 9.21. The topological polar surface area (TPSA) is 58.6 Å². The third-order valence-electron chi connectivity index (χ3n) is 4.75. The standard InChI is InChI=1S/C20H26N2O3/c23-19(21-13-12-16-6-2-1-3-7-16)10-11-20(24)22-14-15-25-18-9-5-4-8-17(18)22/h4-6,8-9H,1-3,7,10-15H2,(H,21,23). The lowest BCUT2D eigenvalue weighted by Crippen LogP contribution is -2.38. The Labute approximate surface area is 149 Å². The third-order valence-corrected chi connectivity index (χ3v) is 4.75. The molecule has 1 heterocycles. The average molecular weight is 342 g/mol. The predicted octanol–water partition coefficient (Wildman–Crippen LogP) is 3.20. The fourth-order valence-electron chi connectivity index (χ4n) is 3.37. The van der Waals surface area contributed by atoms with Gasteiger partial charge in [0.1, 0.15) is 12.4 Å². The molecule has 0 radical (unpaired) electrons. The maximum atomic E-state index is 12.5. The molecular weight excluding hydrogens is 316 g/mol. The quantitative estimate of drug-likeness (QED) is 0.808. The fraction of sp³-hybridized carbons (Fsp3) is 0.500. The zero-order valence-electron chi connectivity index (χ0n) is 14.6. The Bertz CT molecular complexity index is 654. The van der Waals surface area contributed by atoms with Gasteiger partial charge in [-0.2, -0.15) is 0 Å². The molecule has 1 N–H and O–H groups in total. The first-order valence-electron chi connectivity index (χ1n) is 9.21. The van der Waals surface area contributed by atoms with E-state index in [1.807, 2.05) is 24.3 Å². The van der Waals surface area contributed by atoms with E-state index in [2.05, 4.69) is 11.4 Å². The van der Waals surface area contributed by atoms with Gasteiger partial charge in [-0.05, 0) is 44.2 Å². The van der Waals surface area contributed by atoms with Gasteiger partial charge < -0.3 is 15.0 Å². The Kier molecular flexibility index (Phi) is 6.09. The van der Waals surface area contributed by atoms with Crippen molar-refractivity contribution >= 4 is 17.5 Å². The SMILES string of the molecule is O=C(CCC(=O)N1CCOc2ccccc21)NCCC1=CCCCC1. The van der Waals surface area contributed by atoms with Crippen molar-refractivity contribution in [2.75, 3.05) is 24.6 Å². The second kappa shape index (κ2) is 8.70. The number of nitrogens with zero attached hydrogens (tertiary/aromatic N) is 1. The largest absolute Gasteiger partial charge is 0.490 e. The van der Waals surface area contributed by atoms with E-state index in [-0.39, 0.29) is 24.7 Å². The van der Waals surface area contributed by atoms with Crippen LogP contribution in [0.1, 0.15) is 44.9 Å². The Morgan fingerprint density at radius 1 is 1.16 bits per heavy atom. The van der Waals surface area contributed by atoms with Crippen LogP contribution in [0.4, 0.5) is 5.69 Å². The van der Waals surface area contributed by atoms with E-state index in [0.29, 0.717) is 19.7 Å². The van der Waals surface area contributed by atoms with Crippen LogP contribution < -0.4 is 15.0 Å². The molecule has 0 saturated heterocycles. The summed E-state index contributed by atoms with van der Waals surface area (Å²) in [5.74, 6) is 0.652. The molecule has 2 amide bonds. The van der Waals surface area contributed by atoms with Gasteiger partial charge in [-0.1, -0.05) is 23.8 Å². The number of rotatable bonds is 6. The lowest BCUT2D eigenvalue weighted by atomic mass is 9.97. The smallest absolute Gasteiger partial charge is 0.227 e. The highest BCUT2D eigenvalue weighted by Gasteiger charge is 2.23. The van der Waals surface area contributed by atoms with Crippen LogP contribution in [0.5, 0.6) is 5.75 Å². The number of ether oxygens (including phenoxy) is 1. The zero-order valence-corrected chi connectivity index (χ0v) is 14.6. The second-order valence-corrected chi connectivity index (χ2v) is 6.57. The van der Waals surface area contributed by atoms with Gasteiger partial charge in [0.2, 0.25) is 11.8 Å². The Morgan fingerprint density at radius 3 is 2.88 bits per heavy atom. The summed E-state index contributed by atoms with van der Waals surface area (Å²) in [6.07, 6.45) is 8.55. The number of para-hydroxylation sites is 2. The lowest BCUT2D eigenvalue weighted by Gasteiger charge is -2.29. The molecule has 1 aromatic carbocycles. The maximum absolute atomic E-state index is 12.5. The van der Waals surface area contributed by atoms with E-state index >= 15 is 0 Å². The molecule has 25 heavy (non-hydrogen) atoms. The zero-order chi connectivity index (χ0) is 17.5. The number of benzene rings is 1. The summed E-state index contributed by atoms with van der Waals surface area (Å²) >= 11 is 0. The van der Waals surface area contributed by atoms with E-state index in [1.165, 1.54) is 24.8 Å². The van der Waals surface area contributed by atoms with Crippen LogP contribution in [0.15, 0.2) is 35.9 Å². The van der Waals surface area contributed by atoms with E-state index in [9.17, 15) is 9.59 Å². The minimum Gasteiger partial charge on any atom is -0.490 e. The van der Waals surface area contributed by atoms with Gasteiger partial charge in [0, 0.05) is 19.4 Å². The number of nitrogens with one attached hydrogen (secondary N) is 1. The number of amides is 2. The second-order valence-electron chi connectivity index (χ2n) is 6.57. The molecule has 3 rings (SSSR count). The molecule has 2 aliphatic rings. The van der Waals surface area contributed by atoms with Crippen LogP contribution in [-0.4, -0.2) is 31.5 Å². The van der Waals surface area contributed by atoms with Crippen molar-refractivity contribution in [2.24, 2.45) is 0 Å². The van der Waals surface area contributed by atoms with Crippen LogP contribution in [0.3, 0.4) is 0 Å². The van der Waals surface area contributed by atoms with Crippen LogP contribution in [0, 0.1) is 0 Å². The van der Waals surface area contributed by atoms with Crippen LogP contribution in [0.2, 0.25) is 0 Å². The van der Waals surface area contributed by atoms with Crippen molar-refractivity contribution < 1.29 is 14.3 Å². The van der Waals surface area contributed by atoms with Gasteiger partial charge in [-0.3, -0.25) is 9.59 Å². The molecule has 0 fully saturated rings. The predicted molar refractivity (Wildman–Crippen MR) is 97.7 cm³/mol. The minimum atomic E-state index is -0.0497. The molecule has 0 saturated carbocycles. The molecule has 1 aromatic rings. The van der Waals surface area contributed by atoms with Gasteiger partial charge in [-0.15, -0.1) is 0 Å². The van der Waals surface area contributed by atoms with Crippen LogP contribution >= 0.6 is 0 Å². The van der Waals surface area contributed by atoms with Crippen molar-refractivity contribution in [1.82, 2.24) is 5.32 Å². The number of anilines is 1. The highest BCUT2D eigenvalue weighted by Crippen LogP contribution is 2.31. The molecule has 0 bridgehead atoms. The van der Waals surface area contributed by atoms with Crippen molar-refractivity contribution in [1.29, 1.82) is 0 Å². The summed E-state index contributed by atoms with van der Waals surface area (Å²) in [7, 11) is 0. The monoisotopic (exact) mass is 342 g/mol. The summed E-state index contributed by atoms with van der Waals surface area (Å²) in [5, 5.41) is 2.93. The molecule has 0 unspecified atom stereocenters. The summed E-state index contributed by atoms with van der Waals surface area (Å²) in [6, 6.07) is 7.52. The Balaban J connectivity index is 1.41. The van der Waals surface area contributed by atoms with Crippen molar-refractivity contribution in [3.05, 3.63) is 35.9 Å². The summed E-state index contributed by atoms with van der Waals surface area (Å²) in [4.78, 5) is 26.2. The number of allylic oxidation sites excluding steroid dienone is 1. The van der Waals surface area contributed by atoms with E-state index < -0.39 is 0 Å². The van der Waals surface area contributed by atoms with Crippen molar-refractivity contribution in [2.45, 2.75) is 44.9 Å². The van der Waals surface area contributed by atoms with E-state index in [1.54, 1.807) is 4.90 Å². The molecular formula is C20H26N2O3. The lowest BCUT2D eigenvalue weighted by molar-refractivity contribution is -0.125. The number of carbonyl (C=O) groups is 2. The van der Waals surface area contributed by atoms with Gasteiger partial charge in [0.25, 0.3) is 0 Å². The molecule has 0 atom stereocenters.